The van der Waals surface area contributed by atoms with Crippen molar-refractivity contribution < 1.29 is 23.1 Å². The van der Waals surface area contributed by atoms with Gasteiger partial charge in [0.05, 0.1) is 17.5 Å². The second kappa shape index (κ2) is 7.26. The van der Waals surface area contributed by atoms with Gasteiger partial charge in [0.1, 0.15) is 0 Å². The lowest BCUT2D eigenvalue weighted by atomic mass is 10.1. The van der Waals surface area contributed by atoms with Crippen LogP contribution >= 0.6 is 0 Å². The molecule has 3 N–H and O–H groups in total. The van der Waals surface area contributed by atoms with E-state index in [0.717, 1.165) is 11.8 Å². The van der Waals surface area contributed by atoms with Gasteiger partial charge in [0, 0.05) is 12.5 Å². The monoisotopic (exact) mass is 328 g/mol. The SMILES string of the molecule is Cc1ccc(NS(C)(=O)=O)c(C(=O)NC(C)CCC(=O)O)c1. The third kappa shape index (κ3) is 6.13. The number of nitrogens with one attached hydrogen (secondary N) is 2. The largest absolute Gasteiger partial charge is 0.481 e. The first-order valence-corrected chi connectivity index (χ1v) is 8.58. The van der Waals surface area contributed by atoms with Gasteiger partial charge in [0.15, 0.2) is 0 Å². The number of aliphatic carboxylic acids is 1. The summed E-state index contributed by atoms with van der Waals surface area (Å²) in [5.74, 6) is -1.39. The first-order valence-electron chi connectivity index (χ1n) is 6.69. The van der Waals surface area contributed by atoms with Gasteiger partial charge in [-0.25, -0.2) is 8.42 Å². The Hall–Kier alpha value is -2.09. The number of hydrogen-bond acceptors (Lipinski definition) is 4. The summed E-state index contributed by atoms with van der Waals surface area (Å²) >= 11 is 0. The molecule has 0 aliphatic heterocycles. The number of sulfonamides is 1. The number of hydrogen-bond donors (Lipinski definition) is 3. The fourth-order valence-corrected chi connectivity index (χ4v) is 2.43. The Morgan fingerprint density at radius 2 is 1.95 bits per heavy atom. The Balaban J connectivity index is 2.92. The molecule has 0 saturated carbocycles. The van der Waals surface area contributed by atoms with E-state index in [1.54, 1.807) is 26.0 Å². The minimum atomic E-state index is -3.50. The van der Waals surface area contributed by atoms with E-state index in [4.69, 9.17) is 5.11 Å². The molecule has 0 spiro atoms. The van der Waals surface area contributed by atoms with Crippen molar-refractivity contribution >= 4 is 27.6 Å². The first-order chi connectivity index (χ1) is 10.1. The molecule has 1 unspecified atom stereocenters. The molecular weight excluding hydrogens is 308 g/mol. The van der Waals surface area contributed by atoms with Gasteiger partial charge >= 0.3 is 5.97 Å². The zero-order valence-electron chi connectivity index (χ0n) is 12.7. The van der Waals surface area contributed by atoms with E-state index in [2.05, 4.69) is 10.0 Å². The number of aryl methyl sites for hydroxylation is 1. The van der Waals surface area contributed by atoms with Crippen molar-refractivity contribution in [3.05, 3.63) is 29.3 Å². The first kappa shape index (κ1) is 18.0. The molecule has 0 fully saturated rings. The normalized spacial score (nSPS) is 12.5. The maximum absolute atomic E-state index is 12.3. The molecule has 0 saturated heterocycles. The highest BCUT2D eigenvalue weighted by Crippen LogP contribution is 2.19. The van der Waals surface area contributed by atoms with Crippen molar-refractivity contribution in [2.24, 2.45) is 0 Å². The van der Waals surface area contributed by atoms with Crippen LogP contribution in [0.2, 0.25) is 0 Å². The summed E-state index contributed by atoms with van der Waals surface area (Å²) in [6.45, 7) is 3.48. The molecule has 1 atom stereocenters. The number of carboxylic acids is 1. The van der Waals surface area contributed by atoms with Gasteiger partial charge in [-0.3, -0.25) is 14.3 Å². The summed E-state index contributed by atoms with van der Waals surface area (Å²) in [6.07, 6.45) is 1.25. The molecule has 1 aromatic rings. The zero-order valence-corrected chi connectivity index (χ0v) is 13.5. The summed E-state index contributed by atoms with van der Waals surface area (Å²) in [6, 6.07) is 4.45. The lowest BCUT2D eigenvalue weighted by molar-refractivity contribution is -0.137. The highest BCUT2D eigenvalue weighted by atomic mass is 32.2. The Bertz CT molecular complexity index is 670. The third-order valence-corrected chi connectivity index (χ3v) is 3.47. The molecule has 0 aromatic heterocycles. The van der Waals surface area contributed by atoms with Crippen LogP contribution in [-0.4, -0.2) is 37.7 Å². The van der Waals surface area contributed by atoms with Crippen LogP contribution in [0.5, 0.6) is 0 Å². The summed E-state index contributed by atoms with van der Waals surface area (Å²) < 4.78 is 25.0. The van der Waals surface area contributed by atoms with Crippen molar-refractivity contribution in [2.75, 3.05) is 11.0 Å². The molecule has 0 radical (unpaired) electrons. The number of carbonyl (C=O) groups is 2. The minimum Gasteiger partial charge on any atom is -0.481 e. The van der Waals surface area contributed by atoms with E-state index >= 15 is 0 Å². The Morgan fingerprint density at radius 1 is 1.32 bits per heavy atom. The summed E-state index contributed by atoms with van der Waals surface area (Å²) in [5, 5.41) is 11.3. The zero-order chi connectivity index (χ0) is 16.9. The van der Waals surface area contributed by atoms with Crippen LogP contribution in [0.4, 0.5) is 5.69 Å². The van der Waals surface area contributed by atoms with Gasteiger partial charge in [-0.1, -0.05) is 11.6 Å². The van der Waals surface area contributed by atoms with Gasteiger partial charge in [-0.2, -0.15) is 0 Å². The quantitative estimate of drug-likeness (QED) is 0.699. The van der Waals surface area contributed by atoms with E-state index in [1.165, 1.54) is 6.07 Å². The second-order valence-electron chi connectivity index (χ2n) is 5.23. The molecule has 0 aliphatic rings. The van der Waals surface area contributed by atoms with Crippen molar-refractivity contribution in [1.29, 1.82) is 0 Å². The lowest BCUT2D eigenvalue weighted by Crippen LogP contribution is -2.33. The van der Waals surface area contributed by atoms with Gasteiger partial charge < -0.3 is 10.4 Å². The maximum Gasteiger partial charge on any atom is 0.303 e. The van der Waals surface area contributed by atoms with Crippen molar-refractivity contribution in [2.45, 2.75) is 32.7 Å². The second-order valence-corrected chi connectivity index (χ2v) is 6.98. The average Bonchev–Trinajstić information content (AvgIpc) is 2.36. The summed E-state index contributed by atoms with van der Waals surface area (Å²) in [7, 11) is -3.50. The van der Waals surface area contributed by atoms with E-state index in [1.807, 2.05) is 0 Å². The van der Waals surface area contributed by atoms with E-state index in [0.29, 0.717) is 6.42 Å². The van der Waals surface area contributed by atoms with Gasteiger partial charge in [-0.15, -0.1) is 0 Å². The standard InChI is InChI=1S/C14H20N2O5S/c1-9-4-6-12(16-22(3,20)21)11(8-9)14(19)15-10(2)5-7-13(17)18/h4,6,8,10,16H,5,7H2,1-3H3,(H,15,19)(H,17,18). The molecule has 0 heterocycles. The predicted molar refractivity (Wildman–Crippen MR) is 83.4 cm³/mol. The van der Waals surface area contributed by atoms with Crippen LogP contribution < -0.4 is 10.0 Å². The molecule has 122 valence electrons. The van der Waals surface area contributed by atoms with Crippen LogP contribution in [-0.2, 0) is 14.8 Å². The number of benzene rings is 1. The highest BCUT2D eigenvalue weighted by Gasteiger charge is 2.16. The Labute approximate surface area is 129 Å². The molecule has 22 heavy (non-hydrogen) atoms. The Kier molecular flexibility index (Phi) is 5.92. The van der Waals surface area contributed by atoms with Crippen LogP contribution in [0.1, 0.15) is 35.7 Å². The molecular formula is C14H20N2O5S. The number of amides is 1. The van der Waals surface area contributed by atoms with Crippen LogP contribution in [0, 0.1) is 6.92 Å². The molecule has 7 nitrogen and oxygen atoms in total. The minimum absolute atomic E-state index is 0.0519. The smallest absolute Gasteiger partial charge is 0.303 e. The van der Waals surface area contributed by atoms with Crippen molar-refractivity contribution in [3.8, 4) is 0 Å². The molecule has 0 aliphatic carbocycles. The van der Waals surface area contributed by atoms with Crippen molar-refractivity contribution in [1.82, 2.24) is 5.32 Å². The summed E-state index contributed by atoms with van der Waals surface area (Å²) in [5.41, 5.74) is 1.20. The fraction of sp³-hybridized carbons (Fsp3) is 0.429. The van der Waals surface area contributed by atoms with Crippen LogP contribution in [0.3, 0.4) is 0 Å². The fourth-order valence-electron chi connectivity index (χ4n) is 1.85. The summed E-state index contributed by atoms with van der Waals surface area (Å²) in [4.78, 5) is 22.8. The number of anilines is 1. The van der Waals surface area contributed by atoms with Gasteiger partial charge in [0.2, 0.25) is 10.0 Å². The molecule has 1 aromatic carbocycles. The molecule has 8 heteroatoms. The van der Waals surface area contributed by atoms with Crippen LogP contribution in [0.25, 0.3) is 0 Å². The van der Waals surface area contributed by atoms with E-state index in [9.17, 15) is 18.0 Å². The number of carbonyl (C=O) groups excluding carboxylic acids is 1. The van der Waals surface area contributed by atoms with Gasteiger partial charge in [0.25, 0.3) is 5.91 Å². The topological polar surface area (TPSA) is 113 Å². The van der Waals surface area contributed by atoms with Gasteiger partial charge in [-0.05, 0) is 32.4 Å². The average molecular weight is 328 g/mol. The Morgan fingerprint density at radius 3 is 2.50 bits per heavy atom. The van der Waals surface area contributed by atoms with Crippen molar-refractivity contribution in [3.63, 3.8) is 0 Å². The molecule has 0 bridgehead atoms. The maximum atomic E-state index is 12.3. The molecule has 1 rings (SSSR count). The third-order valence-electron chi connectivity index (χ3n) is 2.88. The van der Waals surface area contributed by atoms with E-state index in [-0.39, 0.29) is 23.7 Å². The lowest BCUT2D eigenvalue weighted by Gasteiger charge is -2.16. The van der Waals surface area contributed by atoms with Crippen LogP contribution in [0.15, 0.2) is 18.2 Å². The highest BCUT2D eigenvalue weighted by molar-refractivity contribution is 7.92. The van der Waals surface area contributed by atoms with E-state index < -0.39 is 21.9 Å². The molecule has 1 amide bonds. The number of rotatable bonds is 7. The predicted octanol–water partition coefficient (Wildman–Crippen LogP) is 1.35. The number of carboxylic acid groups (broad SMARTS) is 1.